The zero-order valence-corrected chi connectivity index (χ0v) is 15.5. The topological polar surface area (TPSA) is 106 Å². The van der Waals surface area contributed by atoms with Crippen molar-refractivity contribution in [2.24, 2.45) is 0 Å². The monoisotopic (exact) mass is 368 g/mol. The molecule has 3 aromatic rings. The highest BCUT2D eigenvalue weighted by molar-refractivity contribution is 5.94. The highest BCUT2D eigenvalue weighted by Crippen LogP contribution is 2.25. The van der Waals surface area contributed by atoms with Crippen molar-refractivity contribution in [1.29, 1.82) is 0 Å². The third-order valence-electron chi connectivity index (χ3n) is 3.72. The van der Waals surface area contributed by atoms with Crippen LogP contribution in [0.1, 0.15) is 36.8 Å². The maximum atomic E-state index is 11.9. The zero-order chi connectivity index (χ0) is 19.8. The van der Waals surface area contributed by atoms with E-state index in [1.165, 1.54) is 6.07 Å². The number of anilines is 1. The van der Waals surface area contributed by atoms with Gasteiger partial charge in [-0.1, -0.05) is 6.07 Å². The molecule has 0 aliphatic heterocycles. The molecule has 0 radical (unpaired) electrons. The third kappa shape index (κ3) is 4.05. The minimum atomic E-state index is -1.08. The van der Waals surface area contributed by atoms with Gasteiger partial charge in [-0.3, -0.25) is 5.32 Å². The molecular formula is C19H20N4O4. The van der Waals surface area contributed by atoms with E-state index in [1.54, 1.807) is 43.8 Å². The molecule has 0 aliphatic rings. The van der Waals surface area contributed by atoms with E-state index < -0.39 is 17.7 Å². The van der Waals surface area contributed by atoms with Crippen molar-refractivity contribution < 1.29 is 19.4 Å². The van der Waals surface area contributed by atoms with Gasteiger partial charge in [-0.05, 0) is 51.5 Å². The van der Waals surface area contributed by atoms with E-state index in [1.807, 2.05) is 19.1 Å². The molecule has 0 bridgehead atoms. The number of carboxylic acids is 1. The number of carbonyl (C=O) groups excluding carboxylic acids is 1. The number of pyridine rings is 1. The van der Waals surface area contributed by atoms with Crippen LogP contribution in [0.5, 0.6) is 0 Å². The number of hydrogen-bond donors (Lipinski definition) is 2. The van der Waals surface area contributed by atoms with Crippen LogP contribution < -0.4 is 5.32 Å². The lowest BCUT2D eigenvalue weighted by atomic mass is 10.1. The molecule has 0 unspecified atom stereocenters. The van der Waals surface area contributed by atoms with Crippen molar-refractivity contribution in [3.8, 4) is 5.69 Å². The second-order valence-corrected chi connectivity index (χ2v) is 7.07. The summed E-state index contributed by atoms with van der Waals surface area (Å²) in [7, 11) is 0. The Labute approximate surface area is 155 Å². The molecule has 0 aliphatic carbocycles. The molecule has 8 nitrogen and oxygen atoms in total. The first-order valence-corrected chi connectivity index (χ1v) is 8.34. The number of ether oxygens (including phenoxy) is 1. The van der Waals surface area contributed by atoms with Crippen LogP contribution in [-0.4, -0.2) is 37.5 Å². The van der Waals surface area contributed by atoms with Gasteiger partial charge < -0.3 is 9.84 Å². The molecule has 1 aromatic carbocycles. The zero-order valence-electron chi connectivity index (χ0n) is 15.5. The Kier molecular flexibility index (Phi) is 4.57. The number of hydrogen-bond acceptors (Lipinski definition) is 5. The third-order valence-corrected chi connectivity index (χ3v) is 3.72. The number of fused-ring (bicyclic) bond motifs is 1. The van der Waals surface area contributed by atoms with Gasteiger partial charge in [-0.25, -0.2) is 19.3 Å². The second kappa shape index (κ2) is 6.71. The van der Waals surface area contributed by atoms with E-state index >= 15 is 0 Å². The number of nitrogens with one attached hydrogen (secondary N) is 1. The molecule has 0 saturated carbocycles. The van der Waals surface area contributed by atoms with Gasteiger partial charge in [-0.15, -0.1) is 5.10 Å². The second-order valence-electron chi connectivity index (χ2n) is 7.07. The smallest absolute Gasteiger partial charge is 0.413 e. The summed E-state index contributed by atoms with van der Waals surface area (Å²) in [6, 6.07) is 8.52. The predicted molar refractivity (Wildman–Crippen MR) is 100 cm³/mol. The van der Waals surface area contributed by atoms with Gasteiger partial charge in [0.15, 0.2) is 5.82 Å². The largest absolute Gasteiger partial charge is 0.477 e. The minimum Gasteiger partial charge on any atom is -0.477 e. The van der Waals surface area contributed by atoms with Gasteiger partial charge in [0, 0.05) is 17.6 Å². The van der Waals surface area contributed by atoms with Crippen molar-refractivity contribution >= 4 is 28.8 Å². The number of carboxylic acid groups (broad SMARTS) is 1. The van der Waals surface area contributed by atoms with E-state index in [0.29, 0.717) is 11.3 Å². The van der Waals surface area contributed by atoms with Gasteiger partial charge in [0.1, 0.15) is 11.3 Å². The minimum absolute atomic E-state index is 0.0181. The van der Waals surface area contributed by atoms with Crippen LogP contribution in [0.15, 0.2) is 36.5 Å². The first-order chi connectivity index (χ1) is 12.6. The molecule has 0 fully saturated rings. The molecule has 2 heterocycles. The number of nitrogens with zero attached hydrogens (tertiary/aromatic N) is 3. The number of benzene rings is 1. The molecule has 2 N–H and O–H groups in total. The van der Waals surface area contributed by atoms with E-state index in [-0.39, 0.29) is 5.69 Å². The first kappa shape index (κ1) is 18.4. The number of rotatable bonds is 3. The summed E-state index contributed by atoms with van der Waals surface area (Å²) in [5.74, 6) is -0.738. The number of carbonyl (C=O) groups is 2. The van der Waals surface area contributed by atoms with Crippen molar-refractivity contribution in [3.63, 3.8) is 0 Å². The van der Waals surface area contributed by atoms with Crippen molar-refractivity contribution in [2.75, 3.05) is 5.32 Å². The maximum Gasteiger partial charge on any atom is 0.413 e. The molecular weight excluding hydrogens is 348 g/mol. The molecule has 2 aromatic heterocycles. The van der Waals surface area contributed by atoms with Crippen molar-refractivity contribution in [1.82, 2.24) is 14.8 Å². The molecule has 3 rings (SSSR count). The maximum absolute atomic E-state index is 11.9. The Morgan fingerprint density at radius 2 is 1.89 bits per heavy atom. The lowest BCUT2D eigenvalue weighted by Gasteiger charge is -2.19. The van der Waals surface area contributed by atoms with Crippen LogP contribution in [-0.2, 0) is 4.74 Å². The molecule has 8 heteroatoms. The Hall–Kier alpha value is -3.42. The highest BCUT2D eigenvalue weighted by Gasteiger charge is 2.17. The molecule has 140 valence electrons. The SMILES string of the molecule is Cc1ccc(-n2ccc(NC(=O)OC(C)(C)C)n2)c2ccc(C(=O)O)nc12. The van der Waals surface area contributed by atoms with E-state index in [0.717, 1.165) is 16.6 Å². The fourth-order valence-corrected chi connectivity index (χ4v) is 2.59. The average Bonchev–Trinajstić information content (AvgIpc) is 3.01. The Bertz CT molecular complexity index is 1030. The Balaban J connectivity index is 1.95. The number of aromatic carboxylic acids is 1. The summed E-state index contributed by atoms with van der Waals surface area (Å²) in [5, 5.41) is 16.8. The van der Waals surface area contributed by atoms with Gasteiger partial charge in [-0.2, -0.15) is 0 Å². The van der Waals surface area contributed by atoms with E-state index in [4.69, 9.17) is 9.84 Å². The molecule has 0 spiro atoms. The molecule has 0 atom stereocenters. The van der Waals surface area contributed by atoms with Crippen LogP contribution in [0, 0.1) is 6.92 Å². The van der Waals surface area contributed by atoms with E-state index in [2.05, 4.69) is 15.4 Å². The quantitative estimate of drug-likeness (QED) is 0.729. The normalized spacial score (nSPS) is 11.4. The van der Waals surface area contributed by atoms with Gasteiger partial charge >= 0.3 is 12.1 Å². The lowest BCUT2D eigenvalue weighted by molar-refractivity contribution is 0.0633. The summed E-state index contributed by atoms with van der Waals surface area (Å²) < 4.78 is 6.81. The highest BCUT2D eigenvalue weighted by atomic mass is 16.6. The molecule has 0 saturated heterocycles. The number of aromatic nitrogens is 3. The van der Waals surface area contributed by atoms with Crippen LogP contribution in [0.4, 0.5) is 10.6 Å². The van der Waals surface area contributed by atoms with Crippen LogP contribution in [0.2, 0.25) is 0 Å². The van der Waals surface area contributed by atoms with Crippen LogP contribution in [0.3, 0.4) is 0 Å². The Morgan fingerprint density at radius 1 is 1.15 bits per heavy atom. The molecule has 27 heavy (non-hydrogen) atoms. The number of amides is 1. The Morgan fingerprint density at radius 3 is 2.56 bits per heavy atom. The number of aryl methyl sites for hydroxylation is 1. The summed E-state index contributed by atoms with van der Waals surface area (Å²) in [6.07, 6.45) is 1.11. The van der Waals surface area contributed by atoms with Crippen LogP contribution >= 0.6 is 0 Å². The summed E-state index contributed by atoms with van der Waals surface area (Å²) in [6.45, 7) is 7.20. The van der Waals surface area contributed by atoms with Crippen molar-refractivity contribution in [2.45, 2.75) is 33.3 Å². The molecule has 1 amide bonds. The summed E-state index contributed by atoms with van der Waals surface area (Å²) in [5.41, 5.74) is 1.54. The van der Waals surface area contributed by atoms with Gasteiger partial charge in [0.2, 0.25) is 0 Å². The van der Waals surface area contributed by atoms with Crippen LogP contribution in [0.25, 0.3) is 16.6 Å². The summed E-state index contributed by atoms with van der Waals surface area (Å²) in [4.78, 5) is 27.3. The average molecular weight is 368 g/mol. The predicted octanol–water partition coefficient (Wildman–Crippen LogP) is 3.77. The first-order valence-electron chi connectivity index (χ1n) is 8.34. The van der Waals surface area contributed by atoms with Gasteiger partial charge in [0.05, 0.1) is 11.2 Å². The lowest BCUT2D eigenvalue weighted by Crippen LogP contribution is -2.27. The summed E-state index contributed by atoms with van der Waals surface area (Å²) >= 11 is 0. The van der Waals surface area contributed by atoms with Gasteiger partial charge in [0.25, 0.3) is 0 Å². The fourth-order valence-electron chi connectivity index (χ4n) is 2.59. The van der Waals surface area contributed by atoms with Crippen molar-refractivity contribution in [3.05, 3.63) is 47.8 Å². The van der Waals surface area contributed by atoms with E-state index in [9.17, 15) is 9.59 Å². The fraction of sp³-hybridized carbons (Fsp3) is 0.263. The standard InChI is InChI=1S/C19H20N4O4/c1-11-5-8-14(12-6-7-13(17(24)25)20-16(11)12)23-10-9-15(22-23)21-18(26)27-19(2,3)4/h5-10H,1-4H3,(H,24,25)(H,21,22,26).